The van der Waals surface area contributed by atoms with Crippen molar-refractivity contribution in [1.29, 1.82) is 0 Å². The van der Waals surface area contributed by atoms with Crippen molar-refractivity contribution in [2.45, 2.75) is 17.7 Å². The van der Waals surface area contributed by atoms with Gasteiger partial charge in [0.25, 0.3) is 10.0 Å². The van der Waals surface area contributed by atoms with Gasteiger partial charge in [0.15, 0.2) is 8.68 Å². The number of sulfonamides is 1. The van der Waals surface area contributed by atoms with Gasteiger partial charge in [-0.25, -0.2) is 23.1 Å². The van der Waals surface area contributed by atoms with Gasteiger partial charge in [0.2, 0.25) is 0 Å². The van der Waals surface area contributed by atoms with E-state index in [-0.39, 0.29) is 15.2 Å². The molecule has 0 saturated heterocycles. The lowest BCUT2D eigenvalue weighted by Crippen LogP contribution is -2.23. The summed E-state index contributed by atoms with van der Waals surface area (Å²) in [4.78, 5) is 10.6. The molecule has 0 bridgehead atoms. The van der Waals surface area contributed by atoms with E-state index in [0.29, 0.717) is 11.5 Å². The van der Waals surface area contributed by atoms with Crippen molar-refractivity contribution < 1.29 is 8.42 Å². The average Bonchev–Trinajstić information content (AvgIpc) is 2.85. The molecule has 0 aliphatic rings. The van der Waals surface area contributed by atoms with Crippen LogP contribution in [0.3, 0.4) is 0 Å². The van der Waals surface area contributed by atoms with Crippen LogP contribution >= 0.6 is 22.9 Å². The van der Waals surface area contributed by atoms with E-state index in [1.165, 1.54) is 0 Å². The fourth-order valence-corrected chi connectivity index (χ4v) is 3.99. The van der Waals surface area contributed by atoms with Crippen LogP contribution in [0.2, 0.25) is 4.47 Å². The Balaban J connectivity index is 2.17. The maximum Gasteiger partial charge on any atom is 0.252 e. The average molecular weight is 293 g/mol. The van der Waals surface area contributed by atoms with Crippen molar-refractivity contribution in [2.24, 2.45) is 0 Å². The molecule has 0 unspecified atom stereocenters. The first-order valence-corrected chi connectivity index (χ1v) is 7.27. The summed E-state index contributed by atoms with van der Waals surface area (Å²) in [5.41, 5.74) is 0.395. The Morgan fingerprint density at radius 1 is 1.59 bits per heavy atom. The van der Waals surface area contributed by atoms with E-state index in [4.69, 9.17) is 11.6 Å². The number of nitrogens with zero attached hydrogens (tertiary/aromatic N) is 2. The molecule has 2 N–H and O–H groups in total. The van der Waals surface area contributed by atoms with Crippen LogP contribution in [0.25, 0.3) is 0 Å². The topological polar surface area (TPSA) is 87.7 Å². The Morgan fingerprint density at radius 2 is 2.35 bits per heavy atom. The Morgan fingerprint density at radius 3 is 2.88 bits per heavy atom. The van der Waals surface area contributed by atoms with E-state index in [2.05, 4.69) is 19.7 Å². The minimum atomic E-state index is -3.58. The summed E-state index contributed by atoms with van der Waals surface area (Å²) >= 11 is 6.60. The Labute approximate surface area is 107 Å². The molecule has 0 fully saturated rings. The molecule has 2 aromatic heterocycles. The molecule has 2 rings (SSSR count). The van der Waals surface area contributed by atoms with Crippen LogP contribution < -0.4 is 4.72 Å². The predicted octanol–water partition coefficient (Wildman–Crippen LogP) is 1.31. The van der Waals surface area contributed by atoms with Crippen LogP contribution in [0.1, 0.15) is 11.5 Å². The second kappa shape index (κ2) is 4.73. The normalized spacial score (nSPS) is 11.9. The van der Waals surface area contributed by atoms with Gasteiger partial charge in [-0.15, -0.1) is 0 Å². The highest BCUT2D eigenvalue weighted by Crippen LogP contribution is 2.26. The molecule has 9 heteroatoms. The SMILES string of the molecule is Cc1nc(Cl)sc1S(=O)(=O)NCc1ncc[nH]1. The summed E-state index contributed by atoms with van der Waals surface area (Å²) in [7, 11) is -3.58. The molecule has 0 aliphatic heterocycles. The van der Waals surface area contributed by atoms with Gasteiger partial charge in [0, 0.05) is 12.4 Å². The molecule has 92 valence electrons. The summed E-state index contributed by atoms with van der Waals surface area (Å²) < 4.78 is 26.6. The number of aryl methyl sites for hydroxylation is 1. The molecule has 17 heavy (non-hydrogen) atoms. The Bertz CT molecular complexity index is 606. The minimum Gasteiger partial charge on any atom is -0.347 e. The highest BCUT2D eigenvalue weighted by molar-refractivity contribution is 7.91. The van der Waals surface area contributed by atoms with Gasteiger partial charge in [0.05, 0.1) is 12.2 Å². The van der Waals surface area contributed by atoms with Gasteiger partial charge in [-0.05, 0) is 6.92 Å². The minimum absolute atomic E-state index is 0.101. The summed E-state index contributed by atoms with van der Waals surface area (Å²) in [6.45, 7) is 1.70. The van der Waals surface area contributed by atoms with Crippen molar-refractivity contribution in [1.82, 2.24) is 19.7 Å². The number of halogens is 1. The maximum atomic E-state index is 11.9. The van der Waals surface area contributed by atoms with Gasteiger partial charge in [0.1, 0.15) is 5.82 Å². The first-order chi connectivity index (χ1) is 7.99. The molecular formula is C8H9ClN4O2S2. The lowest BCUT2D eigenvalue weighted by atomic mass is 10.6. The molecule has 0 atom stereocenters. The summed E-state index contributed by atoms with van der Waals surface area (Å²) in [5.74, 6) is 0.543. The van der Waals surface area contributed by atoms with E-state index in [1.54, 1.807) is 19.3 Å². The number of H-pyrrole nitrogens is 1. The molecule has 0 aliphatic carbocycles. The third kappa shape index (κ3) is 2.83. The lowest BCUT2D eigenvalue weighted by Gasteiger charge is -2.02. The lowest BCUT2D eigenvalue weighted by molar-refractivity contribution is 0.581. The largest absolute Gasteiger partial charge is 0.347 e. The van der Waals surface area contributed by atoms with Crippen LogP contribution in [0.5, 0.6) is 0 Å². The molecule has 0 radical (unpaired) electrons. The summed E-state index contributed by atoms with van der Waals surface area (Å²) in [6, 6.07) is 0. The van der Waals surface area contributed by atoms with Gasteiger partial charge >= 0.3 is 0 Å². The van der Waals surface area contributed by atoms with E-state index in [0.717, 1.165) is 11.3 Å². The number of thiazole rings is 1. The van der Waals surface area contributed by atoms with Crippen LogP contribution in [0.4, 0.5) is 0 Å². The zero-order valence-corrected chi connectivity index (χ0v) is 11.2. The van der Waals surface area contributed by atoms with Crippen LogP contribution in [0.15, 0.2) is 16.6 Å². The number of hydrogen-bond acceptors (Lipinski definition) is 5. The highest BCUT2D eigenvalue weighted by Gasteiger charge is 2.21. The van der Waals surface area contributed by atoms with E-state index < -0.39 is 10.0 Å². The molecular weight excluding hydrogens is 284 g/mol. The second-order valence-corrected chi connectivity index (χ2v) is 6.74. The van der Waals surface area contributed by atoms with Crippen molar-refractivity contribution in [2.75, 3.05) is 0 Å². The molecule has 2 heterocycles. The van der Waals surface area contributed by atoms with Crippen molar-refractivity contribution in [3.8, 4) is 0 Å². The summed E-state index contributed by atoms with van der Waals surface area (Å²) in [6.07, 6.45) is 3.18. The number of aromatic nitrogens is 3. The van der Waals surface area contributed by atoms with Crippen LogP contribution in [0, 0.1) is 6.92 Å². The number of aromatic amines is 1. The second-order valence-electron chi connectivity index (χ2n) is 3.20. The molecule has 0 aromatic carbocycles. The van der Waals surface area contributed by atoms with Crippen molar-refractivity contribution in [3.63, 3.8) is 0 Å². The molecule has 0 amide bonds. The van der Waals surface area contributed by atoms with E-state index in [1.807, 2.05) is 0 Å². The Hall–Kier alpha value is -0.960. The maximum absolute atomic E-state index is 11.9. The number of imidazole rings is 1. The van der Waals surface area contributed by atoms with Crippen molar-refractivity contribution in [3.05, 3.63) is 28.4 Å². The fraction of sp³-hybridized carbons (Fsp3) is 0.250. The number of rotatable bonds is 4. The first-order valence-electron chi connectivity index (χ1n) is 4.60. The van der Waals surface area contributed by atoms with E-state index >= 15 is 0 Å². The molecule has 2 aromatic rings. The molecule has 0 saturated carbocycles. The predicted molar refractivity (Wildman–Crippen MR) is 64.5 cm³/mol. The Kier molecular flexibility index (Phi) is 3.48. The van der Waals surface area contributed by atoms with E-state index in [9.17, 15) is 8.42 Å². The van der Waals surface area contributed by atoms with Crippen LogP contribution in [-0.2, 0) is 16.6 Å². The van der Waals surface area contributed by atoms with Gasteiger partial charge < -0.3 is 4.98 Å². The first kappa shape index (κ1) is 12.5. The highest BCUT2D eigenvalue weighted by atomic mass is 35.5. The van der Waals surface area contributed by atoms with Gasteiger partial charge in [-0.1, -0.05) is 22.9 Å². The van der Waals surface area contributed by atoms with Crippen molar-refractivity contribution >= 4 is 33.0 Å². The third-order valence-electron chi connectivity index (χ3n) is 1.96. The summed E-state index contributed by atoms with van der Waals surface area (Å²) in [5, 5.41) is 0. The van der Waals surface area contributed by atoms with Crippen LogP contribution in [-0.4, -0.2) is 23.4 Å². The monoisotopic (exact) mass is 292 g/mol. The quantitative estimate of drug-likeness (QED) is 0.889. The fourth-order valence-electron chi connectivity index (χ4n) is 1.22. The standard InChI is InChI=1S/C8H9ClN4O2S2/c1-5-7(16-8(9)13-5)17(14,15)12-4-6-10-2-3-11-6/h2-3,12H,4H2,1H3,(H,10,11). The van der Waals surface area contributed by atoms with Gasteiger partial charge in [-0.2, -0.15) is 0 Å². The van der Waals surface area contributed by atoms with Gasteiger partial charge in [-0.3, -0.25) is 0 Å². The molecule has 6 nitrogen and oxygen atoms in total. The molecule has 0 spiro atoms. The zero-order valence-electron chi connectivity index (χ0n) is 8.77. The number of hydrogen-bond donors (Lipinski definition) is 2. The zero-order chi connectivity index (χ0) is 12.5. The number of nitrogens with one attached hydrogen (secondary N) is 2. The smallest absolute Gasteiger partial charge is 0.252 e. The third-order valence-corrected chi connectivity index (χ3v) is 5.23.